The molecule has 1 nitrogen and oxygen atoms in total. The smallest absolute Gasteiger partial charge is 0.123 e. The fourth-order valence-electron chi connectivity index (χ4n) is 1.19. The molecule has 2 rings (SSSR count). The van der Waals surface area contributed by atoms with E-state index in [-0.39, 0.29) is 0 Å². The molecule has 2 aromatic rings. The molecule has 0 aliphatic rings. The third-order valence-corrected chi connectivity index (χ3v) is 1.90. The molecule has 0 aliphatic carbocycles. The molecule has 2 radical (unpaired) electrons. The molecule has 0 aliphatic heterocycles. The van der Waals surface area contributed by atoms with Crippen LogP contribution >= 0.6 is 0 Å². The maximum absolute atomic E-state index is 3.11. The van der Waals surface area contributed by atoms with Gasteiger partial charge in [0, 0.05) is 5.69 Å². The Balaban J connectivity index is 1.96. The minimum Gasteiger partial charge on any atom is -0.371 e. The molecule has 14 heavy (non-hydrogen) atoms. The fraction of sp³-hybridized carbons (Fsp3) is 0. The van der Waals surface area contributed by atoms with Crippen LogP contribution in [0.3, 0.4) is 0 Å². The number of para-hydroxylation sites is 1. The quantitative estimate of drug-likeness (QED) is 0.717. The molecule has 1 N–H and O–H groups in total. The zero-order valence-corrected chi connectivity index (χ0v) is 7.77. The fourth-order valence-corrected chi connectivity index (χ4v) is 1.19. The molecule has 2 aromatic carbocycles. The van der Waals surface area contributed by atoms with Gasteiger partial charge in [-0.05, 0) is 17.7 Å². The summed E-state index contributed by atoms with van der Waals surface area (Å²) < 4.78 is 0. The Labute approximate surface area is 84.4 Å². The van der Waals surface area contributed by atoms with Crippen LogP contribution in [0.5, 0.6) is 0 Å². The van der Waals surface area contributed by atoms with E-state index in [1.807, 2.05) is 60.7 Å². The summed E-state index contributed by atoms with van der Waals surface area (Å²) in [5.74, 6) is 0. The highest BCUT2D eigenvalue weighted by Crippen LogP contribution is 2.08. The van der Waals surface area contributed by atoms with Crippen molar-refractivity contribution in [2.45, 2.75) is 0 Å². The van der Waals surface area contributed by atoms with E-state index in [0.29, 0.717) is 0 Å². The summed E-state index contributed by atoms with van der Waals surface area (Å²) in [4.78, 5) is 0. The van der Waals surface area contributed by atoms with Crippen LogP contribution in [0.25, 0.3) is 0 Å². The van der Waals surface area contributed by atoms with Crippen LogP contribution in [0.2, 0.25) is 0 Å². The van der Waals surface area contributed by atoms with E-state index >= 15 is 0 Å². The van der Waals surface area contributed by atoms with Crippen molar-refractivity contribution in [2.24, 2.45) is 0 Å². The third kappa shape index (κ3) is 2.36. The first kappa shape index (κ1) is 8.82. The molecule has 0 saturated heterocycles. The molecule has 0 atom stereocenters. The number of benzene rings is 2. The summed E-state index contributed by atoms with van der Waals surface area (Å²) in [6.45, 7) is 3.11. The lowest BCUT2D eigenvalue weighted by molar-refractivity contribution is 1.40. The zero-order valence-electron chi connectivity index (χ0n) is 7.77. The van der Waals surface area contributed by atoms with Crippen molar-refractivity contribution in [3.8, 4) is 0 Å². The highest BCUT2D eigenvalue weighted by atomic mass is 14.9. The highest BCUT2D eigenvalue weighted by Gasteiger charge is 1.92. The summed E-state index contributed by atoms with van der Waals surface area (Å²) in [6, 6.07) is 20.0. The number of rotatable bonds is 3. The van der Waals surface area contributed by atoms with Crippen molar-refractivity contribution in [3.05, 3.63) is 72.8 Å². The molecule has 0 heterocycles. The van der Waals surface area contributed by atoms with Crippen molar-refractivity contribution >= 4 is 5.69 Å². The van der Waals surface area contributed by atoms with Gasteiger partial charge in [-0.1, -0.05) is 48.5 Å². The number of anilines is 1. The first-order valence-corrected chi connectivity index (χ1v) is 4.57. The average molecular weight is 181 g/mol. The van der Waals surface area contributed by atoms with E-state index < -0.39 is 0 Å². The Morgan fingerprint density at radius 1 is 0.714 bits per heavy atom. The van der Waals surface area contributed by atoms with E-state index in [2.05, 4.69) is 11.9 Å². The van der Waals surface area contributed by atoms with E-state index in [9.17, 15) is 0 Å². The lowest BCUT2D eigenvalue weighted by atomic mass is 10.2. The molecule has 0 aromatic heterocycles. The first-order valence-electron chi connectivity index (χ1n) is 4.57. The standard InChI is InChI=1S/C13H11N/c1-3-7-12(8-4-1)11-14-13-9-5-2-6-10-13/h1-10,14H. The van der Waals surface area contributed by atoms with Crippen LogP contribution in [0, 0.1) is 6.54 Å². The molecule has 0 saturated carbocycles. The predicted octanol–water partition coefficient (Wildman–Crippen LogP) is 3.19. The van der Waals surface area contributed by atoms with Gasteiger partial charge in [-0.25, -0.2) is 0 Å². The molecule has 68 valence electrons. The summed E-state index contributed by atoms with van der Waals surface area (Å²) >= 11 is 0. The van der Waals surface area contributed by atoms with Gasteiger partial charge in [0.2, 0.25) is 0 Å². The molecule has 0 unspecified atom stereocenters. The van der Waals surface area contributed by atoms with Gasteiger partial charge in [0.15, 0.2) is 0 Å². The largest absolute Gasteiger partial charge is 0.371 e. The molecule has 0 spiro atoms. The summed E-state index contributed by atoms with van der Waals surface area (Å²) in [6.07, 6.45) is 0. The minimum absolute atomic E-state index is 1.05. The Bertz CT molecular complexity index is 327. The second kappa shape index (κ2) is 4.47. The van der Waals surface area contributed by atoms with Crippen LogP contribution in [0.15, 0.2) is 60.7 Å². The Hall–Kier alpha value is -1.76. The van der Waals surface area contributed by atoms with Crippen molar-refractivity contribution in [1.29, 1.82) is 0 Å². The molecule has 0 bridgehead atoms. The van der Waals surface area contributed by atoms with E-state index in [0.717, 1.165) is 11.3 Å². The number of hydrogen-bond acceptors (Lipinski definition) is 1. The summed E-state index contributed by atoms with van der Waals surface area (Å²) in [7, 11) is 0. The maximum atomic E-state index is 3.11. The van der Waals surface area contributed by atoms with Crippen molar-refractivity contribution in [3.63, 3.8) is 0 Å². The maximum Gasteiger partial charge on any atom is 0.123 e. The summed E-state index contributed by atoms with van der Waals surface area (Å²) in [5.41, 5.74) is 2.10. The van der Waals surface area contributed by atoms with E-state index in [4.69, 9.17) is 0 Å². The lowest BCUT2D eigenvalue weighted by Crippen LogP contribution is -1.95. The SMILES string of the molecule is [C](Nc1ccccc1)c1ccccc1. The van der Waals surface area contributed by atoms with E-state index in [1.165, 1.54) is 0 Å². The summed E-state index contributed by atoms with van der Waals surface area (Å²) in [5, 5.41) is 3.11. The van der Waals surface area contributed by atoms with Crippen molar-refractivity contribution in [1.82, 2.24) is 0 Å². The molecule has 0 amide bonds. The van der Waals surface area contributed by atoms with Gasteiger partial charge < -0.3 is 5.32 Å². The average Bonchev–Trinajstić information content (AvgIpc) is 2.29. The van der Waals surface area contributed by atoms with Gasteiger partial charge in [0.05, 0.1) is 0 Å². The Morgan fingerprint density at radius 2 is 1.29 bits per heavy atom. The first-order chi connectivity index (χ1) is 6.95. The molecular formula is C13H11N. The monoisotopic (exact) mass is 181 g/mol. The van der Waals surface area contributed by atoms with Gasteiger partial charge in [-0.2, -0.15) is 0 Å². The van der Waals surface area contributed by atoms with Crippen LogP contribution in [-0.4, -0.2) is 0 Å². The Morgan fingerprint density at radius 3 is 1.93 bits per heavy atom. The van der Waals surface area contributed by atoms with Gasteiger partial charge in [-0.15, -0.1) is 0 Å². The normalized spacial score (nSPS) is 9.71. The predicted molar refractivity (Wildman–Crippen MR) is 58.9 cm³/mol. The third-order valence-electron chi connectivity index (χ3n) is 1.90. The minimum atomic E-state index is 1.05. The van der Waals surface area contributed by atoms with Gasteiger partial charge in [0.1, 0.15) is 6.54 Å². The highest BCUT2D eigenvalue weighted by molar-refractivity contribution is 5.46. The second-order valence-corrected chi connectivity index (χ2v) is 2.98. The second-order valence-electron chi connectivity index (χ2n) is 2.98. The van der Waals surface area contributed by atoms with Gasteiger partial charge in [0.25, 0.3) is 0 Å². The Kier molecular flexibility index (Phi) is 2.82. The molecular weight excluding hydrogens is 170 g/mol. The lowest BCUT2D eigenvalue weighted by Gasteiger charge is -2.03. The van der Waals surface area contributed by atoms with Crippen LogP contribution in [-0.2, 0) is 0 Å². The molecule has 0 fully saturated rings. The van der Waals surface area contributed by atoms with Gasteiger partial charge >= 0.3 is 0 Å². The van der Waals surface area contributed by atoms with E-state index in [1.54, 1.807) is 0 Å². The molecule has 1 heteroatoms. The van der Waals surface area contributed by atoms with Crippen LogP contribution in [0.1, 0.15) is 5.56 Å². The topological polar surface area (TPSA) is 12.0 Å². The number of nitrogens with one attached hydrogen (secondary N) is 1. The van der Waals surface area contributed by atoms with Crippen LogP contribution in [0.4, 0.5) is 5.69 Å². The number of hydrogen-bond donors (Lipinski definition) is 1. The van der Waals surface area contributed by atoms with Crippen molar-refractivity contribution < 1.29 is 0 Å². The van der Waals surface area contributed by atoms with Gasteiger partial charge in [-0.3, -0.25) is 0 Å². The van der Waals surface area contributed by atoms with Crippen LogP contribution < -0.4 is 5.32 Å². The zero-order chi connectivity index (χ0) is 9.64. The van der Waals surface area contributed by atoms with Crippen molar-refractivity contribution in [2.75, 3.05) is 5.32 Å².